The Labute approximate surface area is 155 Å². The van der Waals surface area contributed by atoms with Gasteiger partial charge in [0, 0.05) is 38.0 Å². The number of carbonyl (C=O) groups excluding carboxylic acids is 1. The number of benzene rings is 1. The highest BCUT2D eigenvalue weighted by Crippen LogP contribution is 2.30. The summed E-state index contributed by atoms with van der Waals surface area (Å²) >= 11 is 0. The van der Waals surface area contributed by atoms with E-state index in [0.29, 0.717) is 25.0 Å². The second-order valence-corrected chi connectivity index (χ2v) is 9.26. The number of nitrogens with one attached hydrogen (secondary N) is 1. The van der Waals surface area contributed by atoms with Crippen molar-refractivity contribution in [2.24, 2.45) is 11.8 Å². The van der Waals surface area contributed by atoms with E-state index in [1.807, 2.05) is 0 Å². The van der Waals surface area contributed by atoms with Crippen molar-refractivity contribution in [1.29, 1.82) is 0 Å². The fourth-order valence-corrected chi connectivity index (χ4v) is 4.48. The third-order valence-corrected chi connectivity index (χ3v) is 6.46. The van der Waals surface area contributed by atoms with E-state index in [4.69, 9.17) is 9.47 Å². The van der Waals surface area contributed by atoms with Crippen LogP contribution < -0.4 is 5.32 Å². The summed E-state index contributed by atoms with van der Waals surface area (Å²) in [5.41, 5.74) is 0.810. The van der Waals surface area contributed by atoms with E-state index in [9.17, 15) is 13.2 Å². The van der Waals surface area contributed by atoms with Gasteiger partial charge in [0.05, 0.1) is 17.9 Å². The van der Waals surface area contributed by atoms with E-state index in [0.717, 1.165) is 38.0 Å². The van der Waals surface area contributed by atoms with E-state index in [-0.39, 0.29) is 23.3 Å². The first-order valence-electron chi connectivity index (χ1n) is 9.17. The van der Waals surface area contributed by atoms with E-state index in [2.05, 4.69) is 5.32 Å². The van der Waals surface area contributed by atoms with Crippen LogP contribution >= 0.6 is 0 Å². The summed E-state index contributed by atoms with van der Waals surface area (Å²) in [6.45, 7) is 2.94. The molecule has 2 aliphatic heterocycles. The van der Waals surface area contributed by atoms with Crippen LogP contribution in [0.5, 0.6) is 0 Å². The molecule has 7 heteroatoms. The molecule has 26 heavy (non-hydrogen) atoms. The third kappa shape index (κ3) is 5.05. The van der Waals surface area contributed by atoms with Gasteiger partial charge in [-0.25, -0.2) is 8.42 Å². The highest BCUT2D eigenvalue weighted by molar-refractivity contribution is 7.90. The number of amides is 1. The highest BCUT2D eigenvalue weighted by atomic mass is 32.2. The molecular weight excluding hydrogens is 354 g/mol. The Morgan fingerprint density at radius 1 is 1.08 bits per heavy atom. The molecule has 2 atom stereocenters. The molecule has 144 valence electrons. The van der Waals surface area contributed by atoms with Gasteiger partial charge in [0.25, 0.3) is 0 Å². The minimum Gasteiger partial charge on any atom is -0.381 e. The zero-order chi connectivity index (χ0) is 18.6. The van der Waals surface area contributed by atoms with Gasteiger partial charge in [0.15, 0.2) is 9.84 Å². The summed E-state index contributed by atoms with van der Waals surface area (Å²) in [4.78, 5) is 12.8. The average molecular weight is 381 g/mol. The molecule has 0 aromatic heterocycles. The first kappa shape index (κ1) is 19.3. The molecule has 3 rings (SSSR count). The first-order valence-corrected chi connectivity index (χ1v) is 11.1. The molecule has 0 radical (unpaired) electrons. The van der Waals surface area contributed by atoms with Crippen molar-refractivity contribution in [2.75, 3.05) is 32.7 Å². The molecule has 1 amide bonds. The maximum atomic E-state index is 12.5. The Kier molecular flexibility index (Phi) is 6.32. The molecule has 2 heterocycles. The summed E-state index contributed by atoms with van der Waals surface area (Å²) in [5, 5.41) is 3.18. The molecular formula is C19H27NO5S. The van der Waals surface area contributed by atoms with Gasteiger partial charge in [-0.15, -0.1) is 0 Å². The van der Waals surface area contributed by atoms with Crippen LogP contribution in [0.25, 0.3) is 0 Å². The van der Waals surface area contributed by atoms with Crippen molar-refractivity contribution in [1.82, 2.24) is 5.32 Å². The lowest BCUT2D eigenvalue weighted by Crippen LogP contribution is -2.49. The number of ether oxygens (including phenoxy) is 2. The van der Waals surface area contributed by atoms with Crippen LogP contribution in [0.2, 0.25) is 0 Å². The molecule has 1 aromatic carbocycles. The van der Waals surface area contributed by atoms with E-state index in [1.165, 1.54) is 6.26 Å². The predicted molar refractivity (Wildman–Crippen MR) is 97.7 cm³/mol. The van der Waals surface area contributed by atoms with Gasteiger partial charge in [-0.2, -0.15) is 0 Å². The van der Waals surface area contributed by atoms with Crippen molar-refractivity contribution in [3.05, 3.63) is 29.8 Å². The van der Waals surface area contributed by atoms with Crippen molar-refractivity contribution < 1.29 is 22.7 Å². The smallest absolute Gasteiger partial charge is 0.224 e. The van der Waals surface area contributed by atoms with Crippen LogP contribution in [0.15, 0.2) is 29.2 Å². The average Bonchev–Trinajstić information content (AvgIpc) is 2.62. The van der Waals surface area contributed by atoms with Gasteiger partial charge in [-0.1, -0.05) is 12.1 Å². The summed E-state index contributed by atoms with van der Waals surface area (Å²) in [6, 6.07) is 6.65. The monoisotopic (exact) mass is 381 g/mol. The standard InChI is InChI=1S/C19H27NO5S/c1-26(22,23)16-4-2-14(3-5-16)12-19(21)20-18-8-11-25-13-17(18)15-6-9-24-10-7-15/h2-5,15,17-18H,6-13H2,1H3,(H,20,21)/t17-,18-/m0/s1. The largest absolute Gasteiger partial charge is 0.381 e. The quantitative estimate of drug-likeness (QED) is 0.837. The van der Waals surface area contributed by atoms with Crippen LogP contribution in [0.1, 0.15) is 24.8 Å². The molecule has 2 aliphatic rings. The number of hydrogen-bond acceptors (Lipinski definition) is 5. The Hall–Kier alpha value is -1.44. The number of carbonyl (C=O) groups is 1. The SMILES string of the molecule is CS(=O)(=O)c1ccc(CC(=O)N[C@H]2CCOC[C@H]2C2CCOCC2)cc1. The van der Waals surface area contributed by atoms with Crippen molar-refractivity contribution >= 4 is 15.7 Å². The van der Waals surface area contributed by atoms with Gasteiger partial charge in [0.2, 0.25) is 5.91 Å². The highest BCUT2D eigenvalue weighted by Gasteiger charge is 2.34. The van der Waals surface area contributed by atoms with Crippen molar-refractivity contribution in [3.8, 4) is 0 Å². The lowest BCUT2D eigenvalue weighted by molar-refractivity contribution is -0.123. The summed E-state index contributed by atoms with van der Waals surface area (Å²) < 4.78 is 34.1. The van der Waals surface area contributed by atoms with Crippen LogP contribution in [-0.2, 0) is 30.5 Å². The lowest BCUT2D eigenvalue weighted by Gasteiger charge is -2.39. The number of rotatable bonds is 5. The number of hydrogen-bond donors (Lipinski definition) is 1. The maximum absolute atomic E-state index is 12.5. The Morgan fingerprint density at radius 2 is 1.73 bits per heavy atom. The van der Waals surface area contributed by atoms with Crippen LogP contribution in [0, 0.1) is 11.8 Å². The van der Waals surface area contributed by atoms with Gasteiger partial charge in [-0.05, 0) is 42.9 Å². The van der Waals surface area contributed by atoms with Crippen LogP contribution in [0.4, 0.5) is 0 Å². The van der Waals surface area contributed by atoms with E-state index in [1.54, 1.807) is 24.3 Å². The molecule has 1 aromatic rings. The van der Waals surface area contributed by atoms with Gasteiger partial charge >= 0.3 is 0 Å². The molecule has 6 nitrogen and oxygen atoms in total. The molecule has 0 saturated carbocycles. The van der Waals surface area contributed by atoms with Crippen molar-refractivity contribution in [2.45, 2.75) is 36.6 Å². The Balaban J connectivity index is 1.59. The van der Waals surface area contributed by atoms with Gasteiger partial charge in [0.1, 0.15) is 0 Å². The summed E-state index contributed by atoms with van der Waals surface area (Å²) in [7, 11) is -3.22. The number of sulfone groups is 1. The second kappa shape index (κ2) is 8.50. The molecule has 0 spiro atoms. The summed E-state index contributed by atoms with van der Waals surface area (Å²) in [5.74, 6) is 0.841. The predicted octanol–water partition coefficient (Wildman–Crippen LogP) is 1.58. The maximum Gasteiger partial charge on any atom is 0.224 e. The Morgan fingerprint density at radius 3 is 2.38 bits per heavy atom. The minimum absolute atomic E-state index is 0.0268. The molecule has 0 bridgehead atoms. The molecule has 1 N–H and O–H groups in total. The van der Waals surface area contributed by atoms with E-state index >= 15 is 0 Å². The Bertz CT molecular complexity index is 710. The normalized spacial score (nSPS) is 25.0. The topological polar surface area (TPSA) is 81.7 Å². The van der Waals surface area contributed by atoms with E-state index < -0.39 is 9.84 Å². The fraction of sp³-hybridized carbons (Fsp3) is 0.632. The molecule has 2 fully saturated rings. The third-order valence-electron chi connectivity index (χ3n) is 5.33. The van der Waals surface area contributed by atoms with Crippen molar-refractivity contribution in [3.63, 3.8) is 0 Å². The van der Waals surface area contributed by atoms with Crippen LogP contribution in [0.3, 0.4) is 0 Å². The molecule has 0 unspecified atom stereocenters. The minimum atomic E-state index is -3.22. The molecule has 0 aliphatic carbocycles. The molecule has 2 saturated heterocycles. The zero-order valence-corrected chi connectivity index (χ0v) is 16.0. The fourth-order valence-electron chi connectivity index (χ4n) is 3.85. The first-order chi connectivity index (χ1) is 12.4. The van der Waals surface area contributed by atoms with Gasteiger partial charge in [-0.3, -0.25) is 4.79 Å². The zero-order valence-electron chi connectivity index (χ0n) is 15.1. The lowest BCUT2D eigenvalue weighted by atomic mass is 9.79. The second-order valence-electron chi connectivity index (χ2n) is 7.24. The summed E-state index contributed by atoms with van der Waals surface area (Å²) in [6.07, 6.45) is 4.31. The van der Waals surface area contributed by atoms with Gasteiger partial charge < -0.3 is 14.8 Å². The van der Waals surface area contributed by atoms with Crippen LogP contribution in [-0.4, -0.2) is 53.1 Å².